The van der Waals surface area contributed by atoms with Gasteiger partial charge in [-0.25, -0.2) is 0 Å². The van der Waals surface area contributed by atoms with E-state index in [0.717, 1.165) is 11.1 Å². The van der Waals surface area contributed by atoms with Crippen LogP contribution in [0.4, 0.5) is 0 Å². The van der Waals surface area contributed by atoms with Gasteiger partial charge in [-0.1, -0.05) is 23.7 Å². The summed E-state index contributed by atoms with van der Waals surface area (Å²) in [4.78, 5) is 4.03. The summed E-state index contributed by atoms with van der Waals surface area (Å²) in [6.45, 7) is 0.897. The molecule has 0 spiro atoms. The Hall–Kier alpha value is -1.58. The third-order valence-electron chi connectivity index (χ3n) is 2.44. The molecule has 0 unspecified atom stereocenters. The number of ether oxygens (including phenoxy) is 1. The number of hydrogen-bond acceptors (Lipinski definition) is 3. The number of para-hydroxylation sites is 1. The van der Waals surface area contributed by atoms with Gasteiger partial charge in [0.1, 0.15) is 12.4 Å². The first-order valence-corrected chi connectivity index (χ1v) is 5.68. The normalized spacial score (nSPS) is 10.2. The zero-order valence-corrected chi connectivity index (χ0v) is 10.0. The Balaban J connectivity index is 2.10. The molecule has 2 aromatic rings. The number of nitrogens with zero attached hydrogens (tertiary/aromatic N) is 1. The van der Waals surface area contributed by atoms with E-state index in [9.17, 15) is 0 Å². The van der Waals surface area contributed by atoms with Crippen molar-refractivity contribution in [3.8, 4) is 5.75 Å². The first kappa shape index (κ1) is 11.9. The van der Waals surface area contributed by atoms with Crippen LogP contribution in [0.3, 0.4) is 0 Å². The van der Waals surface area contributed by atoms with Crippen molar-refractivity contribution in [2.75, 3.05) is 0 Å². The second kappa shape index (κ2) is 5.66. The molecule has 88 valence electrons. The largest absolute Gasteiger partial charge is 0.487 e. The van der Waals surface area contributed by atoms with Crippen molar-refractivity contribution in [1.29, 1.82) is 0 Å². The summed E-state index contributed by atoms with van der Waals surface area (Å²) in [6, 6.07) is 9.29. The lowest BCUT2D eigenvalue weighted by Crippen LogP contribution is -2.05. The molecule has 3 nitrogen and oxygen atoms in total. The van der Waals surface area contributed by atoms with Crippen molar-refractivity contribution < 1.29 is 4.74 Å². The van der Waals surface area contributed by atoms with E-state index >= 15 is 0 Å². The molecule has 17 heavy (non-hydrogen) atoms. The molecule has 0 saturated carbocycles. The molecule has 2 N–H and O–H groups in total. The Morgan fingerprint density at radius 3 is 2.76 bits per heavy atom. The van der Waals surface area contributed by atoms with Crippen LogP contribution in [-0.4, -0.2) is 4.98 Å². The fourth-order valence-corrected chi connectivity index (χ4v) is 1.69. The summed E-state index contributed by atoms with van der Waals surface area (Å²) in [5.41, 5.74) is 7.64. The van der Waals surface area contributed by atoms with E-state index < -0.39 is 0 Å². The van der Waals surface area contributed by atoms with E-state index in [2.05, 4.69) is 4.98 Å². The Bertz CT molecular complexity index is 502. The topological polar surface area (TPSA) is 48.1 Å². The summed E-state index contributed by atoms with van der Waals surface area (Å²) >= 11 is 6.00. The maximum absolute atomic E-state index is 6.00. The number of hydrogen-bond donors (Lipinski definition) is 1. The van der Waals surface area contributed by atoms with Crippen LogP contribution in [0.15, 0.2) is 42.7 Å². The first-order valence-electron chi connectivity index (χ1n) is 5.30. The third kappa shape index (κ3) is 2.96. The van der Waals surface area contributed by atoms with E-state index in [-0.39, 0.29) is 0 Å². The van der Waals surface area contributed by atoms with Gasteiger partial charge in [0.05, 0.1) is 5.02 Å². The van der Waals surface area contributed by atoms with Gasteiger partial charge in [0.15, 0.2) is 0 Å². The summed E-state index contributed by atoms with van der Waals surface area (Å²) in [5, 5.41) is 0.607. The molecule has 4 heteroatoms. The fraction of sp³-hybridized carbons (Fsp3) is 0.154. The van der Waals surface area contributed by atoms with Crippen LogP contribution in [0.1, 0.15) is 11.1 Å². The monoisotopic (exact) mass is 248 g/mol. The number of aromatic nitrogens is 1. The fourth-order valence-electron chi connectivity index (χ4n) is 1.50. The molecule has 1 heterocycles. The molecule has 1 aromatic heterocycles. The van der Waals surface area contributed by atoms with Crippen molar-refractivity contribution in [2.24, 2.45) is 5.73 Å². The Morgan fingerprint density at radius 2 is 2.00 bits per heavy atom. The minimum absolute atomic E-state index is 0.443. The molecule has 0 amide bonds. The van der Waals surface area contributed by atoms with Gasteiger partial charge in [-0.05, 0) is 29.3 Å². The van der Waals surface area contributed by atoms with Crippen molar-refractivity contribution in [2.45, 2.75) is 13.2 Å². The van der Waals surface area contributed by atoms with Crippen molar-refractivity contribution in [3.63, 3.8) is 0 Å². The van der Waals surface area contributed by atoms with Gasteiger partial charge in [0.2, 0.25) is 0 Å². The highest BCUT2D eigenvalue weighted by Crippen LogP contribution is 2.24. The van der Waals surface area contributed by atoms with Crippen LogP contribution in [0, 0.1) is 0 Å². The molecule has 0 bridgehead atoms. The van der Waals surface area contributed by atoms with Crippen molar-refractivity contribution in [1.82, 2.24) is 4.98 Å². The number of pyridine rings is 1. The van der Waals surface area contributed by atoms with E-state index in [1.165, 1.54) is 0 Å². The Labute approximate surface area is 105 Å². The molecule has 1 aromatic carbocycles. The molecule has 2 rings (SSSR count). The second-order valence-electron chi connectivity index (χ2n) is 3.57. The molecule has 0 aliphatic heterocycles. The number of nitrogens with two attached hydrogens (primary N) is 1. The Morgan fingerprint density at radius 1 is 1.18 bits per heavy atom. The van der Waals surface area contributed by atoms with Crippen molar-refractivity contribution >= 4 is 11.6 Å². The summed E-state index contributed by atoms with van der Waals surface area (Å²) in [5.74, 6) is 0.675. The molecule has 0 saturated heterocycles. The van der Waals surface area contributed by atoms with Crippen LogP contribution in [0.25, 0.3) is 0 Å². The van der Waals surface area contributed by atoms with Gasteiger partial charge in [-0.3, -0.25) is 4.98 Å². The molecular weight excluding hydrogens is 236 g/mol. The van der Waals surface area contributed by atoms with Crippen LogP contribution in [0.2, 0.25) is 5.02 Å². The molecular formula is C13H13ClN2O. The maximum Gasteiger partial charge on any atom is 0.138 e. The number of rotatable bonds is 4. The molecule has 0 fully saturated rings. The van der Waals surface area contributed by atoms with Crippen LogP contribution >= 0.6 is 11.6 Å². The van der Waals surface area contributed by atoms with Gasteiger partial charge in [0, 0.05) is 18.9 Å². The average molecular weight is 249 g/mol. The molecule has 0 aliphatic rings. The number of benzene rings is 1. The quantitative estimate of drug-likeness (QED) is 0.905. The van der Waals surface area contributed by atoms with E-state index in [1.54, 1.807) is 18.5 Å². The minimum Gasteiger partial charge on any atom is -0.487 e. The van der Waals surface area contributed by atoms with E-state index in [4.69, 9.17) is 22.1 Å². The smallest absolute Gasteiger partial charge is 0.138 e. The van der Waals surface area contributed by atoms with Crippen LogP contribution in [0.5, 0.6) is 5.75 Å². The maximum atomic E-state index is 6.00. The van der Waals surface area contributed by atoms with Crippen LogP contribution < -0.4 is 10.5 Å². The minimum atomic E-state index is 0.443. The number of halogens is 1. The van der Waals surface area contributed by atoms with Gasteiger partial charge < -0.3 is 10.5 Å². The standard InChI is InChI=1S/C13H13ClN2O/c14-12-3-1-2-4-13(12)17-9-10-5-6-16-8-11(10)7-15/h1-6,8H,7,9,15H2. The first-order chi connectivity index (χ1) is 8.31. The van der Waals surface area contributed by atoms with E-state index in [1.807, 2.05) is 24.3 Å². The highest BCUT2D eigenvalue weighted by atomic mass is 35.5. The second-order valence-corrected chi connectivity index (χ2v) is 3.97. The summed E-state index contributed by atoms with van der Waals surface area (Å²) in [7, 11) is 0. The van der Waals surface area contributed by atoms with Gasteiger partial charge >= 0.3 is 0 Å². The van der Waals surface area contributed by atoms with Crippen molar-refractivity contribution in [3.05, 3.63) is 58.9 Å². The predicted octanol–water partition coefficient (Wildman–Crippen LogP) is 2.77. The summed E-state index contributed by atoms with van der Waals surface area (Å²) in [6.07, 6.45) is 3.48. The zero-order chi connectivity index (χ0) is 12.1. The van der Waals surface area contributed by atoms with Gasteiger partial charge in [-0.15, -0.1) is 0 Å². The predicted molar refractivity (Wildman–Crippen MR) is 67.9 cm³/mol. The lowest BCUT2D eigenvalue weighted by atomic mass is 10.1. The van der Waals surface area contributed by atoms with Crippen LogP contribution in [-0.2, 0) is 13.2 Å². The summed E-state index contributed by atoms with van der Waals surface area (Å²) < 4.78 is 5.65. The molecule has 0 atom stereocenters. The molecule has 0 radical (unpaired) electrons. The van der Waals surface area contributed by atoms with Gasteiger partial charge in [0.25, 0.3) is 0 Å². The highest BCUT2D eigenvalue weighted by Gasteiger charge is 2.03. The lowest BCUT2D eigenvalue weighted by molar-refractivity contribution is 0.305. The SMILES string of the molecule is NCc1cnccc1COc1ccccc1Cl. The van der Waals surface area contributed by atoms with E-state index in [0.29, 0.717) is 23.9 Å². The molecule has 0 aliphatic carbocycles. The van der Waals surface area contributed by atoms with Gasteiger partial charge in [-0.2, -0.15) is 0 Å². The average Bonchev–Trinajstić information content (AvgIpc) is 2.38. The third-order valence-corrected chi connectivity index (χ3v) is 2.76. The Kier molecular flexibility index (Phi) is 3.96. The highest BCUT2D eigenvalue weighted by molar-refractivity contribution is 6.32. The zero-order valence-electron chi connectivity index (χ0n) is 9.27. The lowest BCUT2D eigenvalue weighted by Gasteiger charge is -2.10.